The van der Waals surface area contributed by atoms with E-state index in [0.29, 0.717) is 21.8 Å². The van der Waals surface area contributed by atoms with Gasteiger partial charge in [-0.25, -0.2) is 9.29 Å². The Balaban J connectivity index is 1.72. The summed E-state index contributed by atoms with van der Waals surface area (Å²) in [6.45, 7) is -0.0856. The molecule has 0 bridgehead atoms. The average molecular weight is 462 g/mol. The number of hydrogen-bond donors (Lipinski definition) is 0. The monoisotopic (exact) mass is 461 g/mol. The SMILES string of the molecule is N#Cc1ccc(N2C(=O)CC(N(Cc3ccccc3Cl)C(=O)c3ccccc3F)C2=O)cc1. The van der Waals surface area contributed by atoms with Crippen molar-refractivity contribution in [2.24, 2.45) is 0 Å². The molecular weight excluding hydrogens is 445 g/mol. The number of nitrogens with zero attached hydrogens (tertiary/aromatic N) is 3. The van der Waals surface area contributed by atoms with Gasteiger partial charge in [-0.05, 0) is 48.0 Å². The maximum atomic E-state index is 14.4. The van der Waals surface area contributed by atoms with E-state index in [-0.39, 0.29) is 18.5 Å². The molecule has 8 heteroatoms. The molecule has 1 heterocycles. The van der Waals surface area contributed by atoms with Gasteiger partial charge in [-0.2, -0.15) is 5.26 Å². The van der Waals surface area contributed by atoms with Gasteiger partial charge >= 0.3 is 0 Å². The van der Waals surface area contributed by atoms with Crippen molar-refractivity contribution in [2.45, 2.75) is 19.0 Å². The van der Waals surface area contributed by atoms with Crippen LogP contribution in [0, 0.1) is 17.1 Å². The standard InChI is InChI=1S/C25H17ClFN3O3/c26-20-7-3-1-5-17(20)15-29(24(32)19-6-2-4-8-21(19)27)22-13-23(31)30(25(22)33)18-11-9-16(14-28)10-12-18/h1-12,22H,13,15H2. The van der Waals surface area contributed by atoms with Gasteiger partial charge in [-0.3, -0.25) is 14.4 Å². The molecule has 1 saturated heterocycles. The molecule has 3 aromatic rings. The number of nitriles is 1. The Labute approximate surface area is 194 Å². The third-order valence-electron chi connectivity index (χ3n) is 5.42. The highest BCUT2D eigenvalue weighted by molar-refractivity contribution is 6.31. The first-order valence-electron chi connectivity index (χ1n) is 10.1. The van der Waals surface area contributed by atoms with Gasteiger partial charge in [0.15, 0.2) is 0 Å². The Morgan fingerprint density at radius 3 is 2.39 bits per heavy atom. The summed E-state index contributed by atoms with van der Waals surface area (Å²) in [5, 5.41) is 9.36. The zero-order chi connectivity index (χ0) is 23.5. The summed E-state index contributed by atoms with van der Waals surface area (Å²) in [6.07, 6.45) is -0.260. The average Bonchev–Trinajstić information content (AvgIpc) is 3.12. The van der Waals surface area contributed by atoms with Crippen LogP contribution in [0.2, 0.25) is 5.02 Å². The number of carbonyl (C=O) groups is 3. The molecule has 1 unspecified atom stereocenters. The van der Waals surface area contributed by atoms with Crippen molar-refractivity contribution < 1.29 is 18.8 Å². The molecule has 164 valence electrons. The molecule has 0 N–H and O–H groups in total. The molecule has 3 amide bonds. The second kappa shape index (κ2) is 9.23. The molecule has 0 spiro atoms. The summed E-state index contributed by atoms with van der Waals surface area (Å²) in [4.78, 5) is 41.7. The van der Waals surface area contributed by atoms with Gasteiger partial charge in [0.2, 0.25) is 5.91 Å². The van der Waals surface area contributed by atoms with E-state index in [4.69, 9.17) is 16.9 Å². The topological polar surface area (TPSA) is 81.5 Å². The smallest absolute Gasteiger partial charge is 0.257 e. The highest BCUT2D eigenvalue weighted by atomic mass is 35.5. The van der Waals surface area contributed by atoms with E-state index >= 15 is 0 Å². The number of hydrogen-bond acceptors (Lipinski definition) is 4. The van der Waals surface area contributed by atoms with Crippen LogP contribution in [0.5, 0.6) is 0 Å². The van der Waals surface area contributed by atoms with E-state index in [9.17, 15) is 18.8 Å². The molecule has 0 radical (unpaired) electrons. The predicted octanol–water partition coefficient (Wildman–Crippen LogP) is 4.33. The van der Waals surface area contributed by atoms with Crippen molar-refractivity contribution >= 4 is 35.0 Å². The van der Waals surface area contributed by atoms with Crippen LogP contribution in [0.4, 0.5) is 10.1 Å². The number of halogens is 2. The van der Waals surface area contributed by atoms with Crippen molar-refractivity contribution in [2.75, 3.05) is 4.90 Å². The molecule has 0 aliphatic carbocycles. The summed E-state index contributed by atoms with van der Waals surface area (Å²) >= 11 is 6.27. The summed E-state index contributed by atoms with van der Waals surface area (Å²) in [5.74, 6) is -2.56. The van der Waals surface area contributed by atoms with Crippen LogP contribution >= 0.6 is 11.6 Å². The molecule has 0 aromatic heterocycles. The van der Waals surface area contributed by atoms with E-state index in [1.54, 1.807) is 24.3 Å². The zero-order valence-corrected chi connectivity index (χ0v) is 18.0. The van der Waals surface area contributed by atoms with Gasteiger partial charge in [-0.15, -0.1) is 0 Å². The fourth-order valence-corrected chi connectivity index (χ4v) is 3.93. The highest BCUT2D eigenvalue weighted by Gasteiger charge is 2.45. The lowest BCUT2D eigenvalue weighted by Gasteiger charge is -2.28. The first-order valence-corrected chi connectivity index (χ1v) is 10.4. The first-order chi connectivity index (χ1) is 15.9. The third-order valence-corrected chi connectivity index (χ3v) is 5.79. The van der Waals surface area contributed by atoms with Crippen LogP contribution in [-0.2, 0) is 16.1 Å². The largest absolute Gasteiger partial charge is 0.322 e. The fraction of sp³-hybridized carbons (Fsp3) is 0.120. The van der Waals surface area contributed by atoms with Crippen molar-refractivity contribution in [1.82, 2.24) is 4.90 Å². The van der Waals surface area contributed by atoms with Crippen LogP contribution in [0.3, 0.4) is 0 Å². The Morgan fingerprint density at radius 1 is 1.06 bits per heavy atom. The number of anilines is 1. The molecule has 33 heavy (non-hydrogen) atoms. The second-order valence-electron chi connectivity index (χ2n) is 7.45. The van der Waals surface area contributed by atoms with E-state index in [0.717, 1.165) is 11.0 Å². The summed E-state index contributed by atoms with van der Waals surface area (Å²) in [6, 6.07) is 19.1. The van der Waals surface area contributed by atoms with Crippen molar-refractivity contribution in [3.05, 3.63) is 100 Å². The molecular formula is C25H17ClFN3O3. The lowest BCUT2D eigenvalue weighted by molar-refractivity contribution is -0.122. The Kier molecular flexibility index (Phi) is 6.20. The first kappa shape index (κ1) is 22.2. The maximum absolute atomic E-state index is 14.4. The number of benzene rings is 3. The van der Waals surface area contributed by atoms with Crippen LogP contribution in [0.15, 0.2) is 72.8 Å². The predicted molar refractivity (Wildman–Crippen MR) is 120 cm³/mol. The van der Waals surface area contributed by atoms with Gasteiger partial charge in [-0.1, -0.05) is 41.9 Å². The van der Waals surface area contributed by atoms with E-state index in [1.807, 2.05) is 6.07 Å². The van der Waals surface area contributed by atoms with Crippen molar-refractivity contribution in [3.8, 4) is 6.07 Å². The number of amides is 3. The van der Waals surface area contributed by atoms with Gasteiger partial charge in [0.05, 0.1) is 29.3 Å². The molecule has 1 aliphatic heterocycles. The van der Waals surface area contributed by atoms with Crippen molar-refractivity contribution in [3.63, 3.8) is 0 Å². The van der Waals surface area contributed by atoms with Crippen molar-refractivity contribution in [1.29, 1.82) is 5.26 Å². The summed E-state index contributed by atoms with van der Waals surface area (Å²) in [5.41, 5.74) is 1.02. The minimum atomic E-state index is -1.14. The Hall–Kier alpha value is -4.02. The zero-order valence-electron chi connectivity index (χ0n) is 17.2. The van der Waals surface area contributed by atoms with Gasteiger partial charge < -0.3 is 4.90 Å². The van der Waals surface area contributed by atoms with E-state index in [1.165, 1.54) is 47.4 Å². The summed E-state index contributed by atoms with van der Waals surface area (Å²) in [7, 11) is 0. The highest BCUT2D eigenvalue weighted by Crippen LogP contribution is 2.29. The van der Waals surface area contributed by atoms with Gasteiger partial charge in [0, 0.05) is 11.6 Å². The van der Waals surface area contributed by atoms with Crippen LogP contribution in [0.1, 0.15) is 27.9 Å². The molecule has 3 aromatic carbocycles. The second-order valence-corrected chi connectivity index (χ2v) is 7.86. The molecule has 0 saturated carbocycles. The number of rotatable bonds is 5. The molecule has 4 rings (SSSR count). The van der Waals surface area contributed by atoms with E-state index < -0.39 is 29.6 Å². The van der Waals surface area contributed by atoms with E-state index in [2.05, 4.69) is 0 Å². The lowest BCUT2D eigenvalue weighted by Crippen LogP contribution is -2.45. The number of imide groups is 1. The maximum Gasteiger partial charge on any atom is 0.257 e. The Bertz CT molecular complexity index is 1290. The van der Waals surface area contributed by atoms with Crippen LogP contribution < -0.4 is 4.90 Å². The minimum Gasteiger partial charge on any atom is -0.322 e. The minimum absolute atomic E-state index is 0.0856. The number of carbonyl (C=O) groups excluding carboxylic acids is 3. The molecule has 1 atom stereocenters. The molecule has 1 aliphatic rings. The molecule has 1 fully saturated rings. The van der Waals surface area contributed by atoms with Crippen LogP contribution in [-0.4, -0.2) is 28.7 Å². The summed E-state index contributed by atoms with van der Waals surface area (Å²) < 4.78 is 14.4. The third kappa shape index (κ3) is 4.34. The normalized spacial score (nSPS) is 15.4. The fourth-order valence-electron chi connectivity index (χ4n) is 3.74. The van der Waals surface area contributed by atoms with Gasteiger partial charge in [0.1, 0.15) is 11.9 Å². The Morgan fingerprint density at radius 2 is 1.73 bits per heavy atom. The van der Waals surface area contributed by atoms with Gasteiger partial charge in [0.25, 0.3) is 11.8 Å². The molecule has 6 nitrogen and oxygen atoms in total. The lowest BCUT2D eigenvalue weighted by atomic mass is 10.1. The van der Waals surface area contributed by atoms with Crippen LogP contribution in [0.25, 0.3) is 0 Å². The quantitative estimate of drug-likeness (QED) is 0.530.